The van der Waals surface area contributed by atoms with Crippen LogP contribution < -0.4 is 0 Å². The van der Waals surface area contributed by atoms with Gasteiger partial charge < -0.3 is 4.74 Å². The monoisotopic (exact) mass is 314 g/mol. The Morgan fingerprint density at radius 1 is 0.792 bits per heavy atom. The third-order valence-corrected chi connectivity index (χ3v) is 4.76. The molecule has 0 saturated carbocycles. The molecule has 0 amide bonds. The molecule has 118 valence electrons. The molecule has 3 aromatic carbocycles. The van der Waals surface area contributed by atoms with Gasteiger partial charge in [0.05, 0.1) is 0 Å². The van der Waals surface area contributed by atoms with Crippen molar-refractivity contribution in [3.8, 4) is 11.1 Å². The summed E-state index contributed by atoms with van der Waals surface area (Å²) in [6.07, 6.45) is 0.488. The quantitative estimate of drug-likeness (QED) is 0.644. The molecule has 1 atom stereocenters. The fourth-order valence-corrected chi connectivity index (χ4v) is 3.76. The maximum atomic E-state index is 11.2. The summed E-state index contributed by atoms with van der Waals surface area (Å²) in [5, 5.41) is 0. The molecule has 0 heterocycles. The van der Waals surface area contributed by atoms with Gasteiger partial charge in [0.1, 0.15) is 6.10 Å². The fraction of sp³-hybridized carbons (Fsp3) is 0.136. The van der Waals surface area contributed by atoms with Gasteiger partial charge in [-0.3, -0.25) is 4.79 Å². The first-order chi connectivity index (χ1) is 11.9. The normalized spacial score (nSPS) is 13.8. The first-order valence-electron chi connectivity index (χ1n) is 8.19. The highest BCUT2D eigenvalue weighted by Crippen LogP contribution is 2.47. The zero-order chi connectivity index (χ0) is 16.4. The molecule has 0 spiro atoms. The van der Waals surface area contributed by atoms with Crippen molar-refractivity contribution in [2.24, 2.45) is 0 Å². The summed E-state index contributed by atoms with van der Waals surface area (Å²) in [6, 6.07) is 27.0. The lowest BCUT2D eigenvalue weighted by Crippen LogP contribution is -2.24. The van der Waals surface area contributed by atoms with Crippen molar-refractivity contribution in [2.75, 3.05) is 0 Å². The summed E-state index contributed by atoms with van der Waals surface area (Å²) in [5.41, 5.74) is 6.13. The largest absolute Gasteiger partial charge is 0.463 e. The number of benzene rings is 3. The van der Waals surface area contributed by atoms with Crippen LogP contribution in [0.3, 0.4) is 0 Å². The predicted molar refractivity (Wildman–Crippen MR) is 94.8 cm³/mol. The van der Waals surface area contributed by atoms with E-state index in [1.165, 1.54) is 27.8 Å². The van der Waals surface area contributed by atoms with Gasteiger partial charge in [-0.2, -0.15) is 0 Å². The third-order valence-electron chi connectivity index (χ3n) is 4.76. The van der Waals surface area contributed by atoms with E-state index in [0.717, 1.165) is 0 Å². The van der Waals surface area contributed by atoms with E-state index in [-0.39, 0.29) is 12.0 Å². The van der Waals surface area contributed by atoms with E-state index in [0.29, 0.717) is 12.9 Å². The minimum Gasteiger partial charge on any atom is -0.463 e. The van der Waals surface area contributed by atoms with Crippen molar-refractivity contribution in [1.29, 1.82) is 0 Å². The Morgan fingerprint density at radius 3 is 1.92 bits per heavy atom. The topological polar surface area (TPSA) is 26.3 Å². The first kappa shape index (κ1) is 14.7. The van der Waals surface area contributed by atoms with Gasteiger partial charge in [0.2, 0.25) is 0 Å². The summed E-state index contributed by atoms with van der Waals surface area (Å²) in [4.78, 5) is 11.2. The van der Waals surface area contributed by atoms with Gasteiger partial charge in [0.15, 0.2) is 0 Å². The Bertz CT molecular complexity index is 809. The van der Waals surface area contributed by atoms with Crippen molar-refractivity contribution in [2.45, 2.75) is 18.4 Å². The molecule has 3 aromatic rings. The average Bonchev–Trinajstić information content (AvgIpc) is 2.97. The van der Waals surface area contributed by atoms with Crippen molar-refractivity contribution >= 4 is 6.47 Å². The van der Waals surface area contributed by atoms with Crippen molar-refractivity contribution in [3.63, 3.8) is 0 Å². The van der Waals surface area contributed by atoms with Crippen LogP contribution in [0.1, 0.15) is 22.6 Å². The average molecular weight is 314 g/mol. The maximum Gasteiger partial charge on any atom is 0.293 e. The minimum atomic E-state index is -0.213. The maximum absolute atomic E-state index is 11.2. The van der Waals surface area contributed by atoms with Crippen LogP contribution in [0.5, 0.6) is 0 Å². The van der Waals surface area contributed by atoms with Crippen LogP contribution in [-0.4, -0.2) is 12.6 Å². The third kappa shape index (κ3) is 2.50. The second-order valence-corrected chi connectivity index (χ2v) is 6.11. The van der Waals surface area contributed by atoms with Crippen LogP contribution in [-0.2, 0) is 16.0 Å². The number of hydrogen-bond donors (Lipinski definition) is 0. The van der Waals surface area contributed by atoms with Crippen molar-refractivity contribution < 1.29 is 9.53 Å². The lowest BCUT2D eigenvalue weighted by molar-refractivity contribution is -0.134. The standard InChI is InChI=1S/C22H18O2/c23-15-24-21(14-16-8-2-1-3-9-16)22-19-12-6-4-10-17(19)18-11-5-7-13-20(18)22/h1-13,15,21-22H,14H2. The molecule has 0 saturated heterocycles. The van der Waals surface area contributed by atoms with E-state index in [9.17, 15) is 4.79 Å². The predicted octanol–water partition coefficient (Wildman–Crippen LogP) is 4.58. The lowest BCUT2D eigenvalue weighted by Gasteiger charge is -2.24. The van der Waals surface area contributed by atoms with Gasteiger partial charge in [-0.05, 0) is 27.8 Å². The number of ether oxygens (including phenoxy) is 1. The molecule has 0 fully saturated rings. The summed E-state index contributed by atoms with van der Waals surface area (Å²) in [5.74, 6) is 0.0720. The van der Waals surface area contributed by atoms with Gasteiger partial charge in [-0.25, -0.2) is 0 Å². The van der Waals surface area contributed by atoms with Crippen molar-refractivity contribution in [3.05, 3.63) is 95.6 Å². The van der Waals surface area contributed by atoms with Gasteiger partial charge in [-0.1, -0.05) is 78.9 Å². The van der Waals surface area contributed by atoms with Crippen LogP contribution in [0, 0.1) is 0 Å². The van der Waals surface area contributed by atoms with Crippen LogP contribution in [0.15, 0.2) is 78.9 Å². The molecule has 24 heavy (non-hydrogen) atoms. The van der Waals surface area contributed by atoms with Crippen molar-refractivity contribution in [1.82, 2.24) is 0 Å². The number of carbonyl (C=O) groups excluding carboxylic acids is 1. The molecule has 1 aliphatic rings. The number of carbonyl (C=O) groups is 1. The summed E-state index contributed by atoms with van der Waals surface area (Å²) < 4.78 is 5.56. The Hall–Kier alpha value is -2.87. The molecular formula is C22H18O2. The molecule has 0 aliphatic heterocycles. The smallest absolute Gasteiger partial charge is 0.293 e. The van der Waals surface area contributed by atoms with Gasteiger partial charge in [0, 0.05) is 12.3 Å². The SMILES string of the molecule is O=COC(Cc1ccccc1)C1c2ccccc2-c2ccccc21. The molecule has 0 aromatic heterocycles. The molecule has 4 rings (SSSR count). The lowest BCUT2D eigenvalue weighted by atomic mass is 9.87. The Morgan fingerprint density at radius 2 is 1.33 bits per heavy atom. The summed E-state index contributed by atoms with van der Waals surface area (Å²) in [6.45, 7) is 0.581. The van der Waals surface area contributed by atoms with Gasteiger partial charge in [-0.15, -0.1) is 0 Å². The molecule has 0 N–H and O–H groups in total. The second kappa shape index (κ2) is 6.32. The number of rotatable bonds is 5. The summed E-state index contributed by atoms with van der Waals surface area (Å²) >= 11 is 0. The van der Waals surface area contributed by atoms with Crippen LogP contribution >= 0.6 is 0 Å². The van der Waals surface area contributed by atoms with E-state index >= 15 is 0 Å². The highest BCUT2D eigenvalue weighted by atomic mass is 16.5. The summed E-state index contributed by atoms with van der Waals surface area (Å²) in [7, 11) is 0. The molecule has 1 unspecified atom stereocenters. The van der Waals surface area contributed by atoms with E-state index in [1.807, 2.05) is 18.2 Å². The van der Waals surface area contributed by atoms with Gasteiger partial charge >= 0.3 is 0 Å². The van der Waals surface area contributed by atoms with E-state index in [4.69, 9.17) is 4.74 Å². The Kier molecular flexibility index (Phi) is 3.87. The zero-order valence-corrected chi connectivity index (χ0v) is 13.3. The van der Waals surface area contributed by atoms with Crippen LogP contribution in [0.25, 0.3) is 11.1 Å². The van der Waals surface area contributed by atoms with Crippen LogP contribution in [0.4, 0.5) is 0 Å². The fourth-order valence-electron chi connectivity index (χ4n) is 3.76. The Labute approximate surface area is 141 Å². The molecule has 2 nitrogen and oxygen atoms in total. The Balaban J connectivity index is 1.79. The molecule has 2 heteroatoms. The first-order valence-corrected chi connectivity index (χ1v) is 8.19. The van der Waals surface area contributed by atoms with E-state index in [2.05, 4.69) is 60.7 Å². The second-order valence-electron chi connectivity index (χ2n) is 6.11. The molecule has 0 radical (unpaired) electrons. The van der Waals surface area contributed by atoms with E-state index in [1.54, 1.807) is 0 Å². The van der Waals surface area contributed by atoms with Crippen LogP contribution in [0.2, 0.25) is 0 Å². The minimum absolute atomic E-state index is 0.0720. The zero-order valence-electron chi connectivity index (χ0n) is 13.3. The van der Waals surface area contributed by atoms with E-state index < -0.39 is 0 Å². The highest BCUT2D eigenvalue weighted by molar-refractivity contribution is 5.79. The molecule has 1 aliphatic carbocycles. The number of fused-ring (bicyclic) bond motifs is 3. The highest BCUT2D eigenvalue weighted by Gasteiger charge is 2.35. The van der Waals surface area contributed by atoms with Gasteiger partial charge in [0.25, 0.3) is 6.47 Å². The molecular weight excluding hydrogens is 296 g/mol. The molecule has 0 bridgehead atoms. The number of hydrogen-bond acceptors (Lipinski definition) is 2.